The van der Waals surface area contributed by atoms with Crippen LogP contribution in [0, 0.1) is 12.3 Å². The SMILES string of the molecule is C#Cc1cccc(NC(=O)c2ccc(Br)nc2)c1. The first kappa shape index (κ1) is 12.3. The van der Waals surface area contributed by atoms with E-state index < -0.39 is 0 Å². The van der Waals surface area contributed by atoms with Crippen molar-refractivity contribution in [1.82, 2.24) is 4.98 Å². The van der Waals surface area contributed by atoms with Crippen LogP contribution in [0.3, 0.4) is 0 Å². The van der Waals surface area contributed by atoms with Crippen molar-refractivity contribution < 1.29 is 4.79 Å². The fraction of sp³-hybridized carbons (Fsp3) is 0. The predicted molar refractivity (Wildman–Crippen MR) is 74.3 cm³/mol. The standard InChI is InChI=1S/C14H9BrN2O/c1-2-10-4-3-5-12(8-10)17-14(18)11-6-7-13(15)16-9-11/h1,3-9H,(H,17,18). The Morgan fingerprint density at radius 1 is 1.33 bits per heavy atom. The fourth-order valence-electron chi connectivity index (χ4n) is 1.40. The molecular formula is C14H9BrN2O. The van der Waals surface area contributed by atoms with Gasteiger partial charge in [0.1, 0.15) is 4.60 Å². The Balaban J connectivity index is 2.16. The van der Waals surface area contributed by atoms with Crippen LogP contribution in [0.1, 0.15) is 15.9 Å². The van der Waals surface area contributed by atoms with Gasteiger partial charge in [0.2, 0.25) is 0 Å². The highest BCUT2D eigenvalue weighted by Crippen LogP contribution is 2.12. The number of aromatic nitrogens is 1. The van der Waals surface area contributed by atoms with E-state index in [2.05, 4.69) is 32.2 Å². The summed E-state index contributed by atoms with van der Waals surface area (Å²) in [5.74, 6) is 2.30. The van der Waals surface area contributed by atoms with E-state index in [4.69, 9.17) is 6.42 Å². The minimum Gasteiger partial charge on any atom is -0.322 e. The summed E-state index contributed by atoms with van der Waals surface area (Å²) in [4.78, 5) is 15.9. The van der Waals surface area contributed by atoms with Gasteiger partial charge in [-0.1, -0.05) is 12.0 Å². The zero-order valence-corrected chi connectivity index (χ0v) is 10.9. The highest BCUT2D eigenvalue weighted by molar-refractivity contribution is 9.10. The van der Waals surface area contributed by atoms with Gasteiger partial charge in [0, 0.05) is 17.4 Å². The molecule has 2 rings (SSSR count). The lowest BCUT2D eigenvalue weighted by atomic mass is 10.2. The molecule has 0 aliphatic rings. The van der Waals surface area contributed by atoms with Gasteiger partial charge in [-0.25, -0.2) is 4.98 Å². The Morgan fingerprint density at radius 2 is 2.17 bits per heavy atom. The van der Waals surface area contributed by atoms with Crippen LogP contribution in [-0.2, 0) is 0 Å². The van der Waals surface area contributed by atoms with Crippen LogP contribution >= 0.6 is 15.9 Å². The molecule has 1 N–H and O–H groups in total. The maximum absolute atomic E-state index is 11.9. The highest BCUT2D eigenvalue weighted by atomic mass is 79.9. The summed E-state index contributed by atoms with van der Waals surface area (Å²) in [6.07, 6.45) is 6.80. The number of amides is 1. The summed E-state index contributed by atoms with van der Waals surface area (Å²) in [5.41, 5.74) is 1.88. The molecule has 0 saturated heterocycles. The van der Waals surface area contributed by atoms with E-state index >= 15 is 0 Å². The van der Waals surface area contributed by atoms with E-state index in [0.717, 1.165) is 5.56 Å². The molecule has 0 atom stereocenters. The minimum atomic E-state index is -0.218. The number of rotatable bonds is 2. The summed E-state index contributed by atoms with van der Waals surface area (Å²) in [7, 11) is 0. The van der Waals surface area contributed by atoms with Crippen molar-refractivity contribution in [2.24, 2.45) is 0 Å². The molecule has 0 unspecified atom stereocenters. The summed E-state index contributed by atoms with van der Waals surface area (Å²) in [6, 6.07) is 10.5. The molecule has 1 aromatic heterocycles. The first-order valence-corrected chi connectivity index (χ1v) is 5.98. The lowest BCUT2D eigenvalue weighted by Crippen LogP contribution is -2.12. The minimum absolute atomic E-state index is 0.218. The molecule has 1 amide bonds. The molecule has 3 nitrogen and oxygen atoms in total. The number of carbonyl (C=O) groups is 1. The van der Waals surface area contributed by atoms with Crippen LogP contribution in [0.4, 0.5) is 5.69 Å². The van der Waals surface area contributed by atoms with Crippen LogP contribution in [0.25, 0.3) is 0 Å². The molecular weight excluding hydrogens is 292 g/mol. The number of nitrogens with one attached hydrogen (secondary N) is 1. The molecule has 0 aliphatic heterocycles. The summed E-state index contributed by atoms with van der Waals surface area (Å²) in [6.45, 7) is 0. The van der Waals surface area contributed by atoms with Crippen LogP contribution in [0.5, 0.6) is 0 Å². The maximum Gasteiger partial charge on any atom is 0.257 e. The molecule has 0 bridgehead atoms. The van der Waals surface area contributed by atoms with Gasteiger partial charge >= 0.3 is 0 Å². The van der Waals surface area contributed by atoms with E-state index in [-0.39, 0.29) is 5.91 Å². The topological polar surface area (TPSA) is 42.0 Å². The number of pyridine rings is 1. The molecule has 0 radical (unpaired) electrons. The van der Waals surface area contributed by atoms with Gasteiger partial charge in [-0.15, -0.1) is 6.42 Å². The van der Waals surface area contributed by atoms with Crippen molar-refractivity contribution in [2.45, 2.75) is 0 Å². The van der Waals surface area contributed by atoms with E-state index in [0.29, 0.717) is 15.9 Å². The van der Waals surface area contributed by atoms with Gasteiger partial charge in [-0.05, 0) is 46.3 Å². The highest BCUT2D eigenvalue weighted by Gasteiger charge is 2.06. The lowest BCUT2D eigenvalue weighted by Gasteiger charge is -2.05. The monoisotopic (exact) mass is 300 g/mol. The Morgan fingerprint density at radius 3 is 2.83 bits per heavy atom. The largest absolute Gasteiger partial charge is 0.322 e. The van der Waals surface area contributed by atoms with Crippen LogP contribution < -0.4 is 5.32 Å². The third-order valence-electron chi connectivity index (χ3n) is 2.28. The Hall–Kier alpha value is -2.12. The first-order chi connectivity index (χ1) is 8.69. The molecule has 0 aliphatic carbocycles. The first-order valence-electron chi connectivity index (χ1n) is 5.18. The zero-order chi connectivity index (χ0) is 13.0. The second-order valence-electron chi connectivity index (χ2n) is 3.55. The molecule has 18 heavy (non-hydrogen) atoms. The maximum atomic E-state index is 11.9. The molecule has 0 spiro atoms. The van der Waals surface area contributed by atoms with Gasteiger partial charge in [0.05, 0.1) is 5.56 Å². The quantitative estimate of drug-likeness (QED) is 0.684. The number of halogens is 1. The Bertz CT molecular complexity index is 614. The van der Waals surface area contributed by atoms with E-state index in [1.807, 2.05) is 0 Å². The smallest absolute Gasteiger partial charge is 0.257 e. The van der Waals surface area contributed by atoms with Crippen molar-refractivity contribution in [3.05, 3.63) is 58.3 Å². The van der Waals surface area contributed by atoms with E-state index in [1.54, 1.807) is 36.4 Å². The molecule has 1 heterocycles. The molecule has 0 fully saturated rings. The summed E-state index contributed by atoms with van der Waals surface area (Å²) in [5, 5.41) is 2.76. The summed E-state index contributed by atoms with van der Waals surface area (Å²) >= 11 is 3.22. The van der Waals surface area contributed by atoms with Crippen molar-refractivity contribution >= 4 is 27.5 Å². The lowest BCUT2D eigenvalue weighted by molar-refractivity contribution is 0.102. The van der Waals surface area contributed by atoms with Crippen LogP contribution in [0.2, 0.25) is 0 Å². The van der Waals surface area contributed by atoms with Crippen molar-refractivity contribution in [1.29, 1.82) is 0 Å². The van der Waals surface area contributed by atoms with Gasteiger partial charge in [-0.2, -0.15) is 0 Å². The molecule has 4 heteroatoms. The number of anilines is 1. The number of nitrogens with zero attached hydrogens (tertiary/aromatic N) is 1. The fourth-order valence-corrected chi connectivity index (χ4v) is 1.63. The van der Waals surface area contributed by atoms with Crippen molar-refractivity contribution in [3.63, 3.8) is 0 Å². The number of terminal acetylenes is 1. The molecule has 2 aromatic rings. The van der Waals surface area contributed by atoms with Crippen LogP contribution in [-0.4, -0.2) is 10.9 Å². The van der Waals surface area contributed by atoms with Gasteiger partial charge in [0.15, 0.2) is 0 Å². The number of benzene rings is 1. The van der Waals surface area contributed by atoms with Crippen LogP contribution in [0.15, 0.2) is 47.2 Å². The normalized spacial score (nSPS) is 9.56. The van der Waals surface area contributed by atoms with Gasteiger partial charge in [0.25, 0.3) is 5.91 Å². The zero-order valence-electron chi connectivity index (χ0n) is 9.35. The predicted octanol–water partition coefficient (Wildman–Crippen LogP) is 3.08. The van der Waals surface area contributed by atoms with Gasteiger partial charge < -0.3 is 5.32 Å². The number of hydrogen-bond acceptors (Lipinski definition) is 2. The van der Waals surface area contributed by atoms with Crippen molar-refractivity contribution in [3.8, 4) is 12.3 Å². The second kappa shape index (κ2) is 5.48. The van der Waals surface area contributed by atoms with E-state index in [9.17, 15) is 4.79 Å². The third-order valence-corrected chi connectivity index (χ3v) is 2.75. The second-order valence-corrected chi connectivity index (χ2v) is 4.36. The summed E-state index contributed by atoms with van der Waals surface area (Å²) < 4.78 is 0.688. The third kappa shape index (κ3) is 2.96. The average Bonchev–Trinajstić information content (AvgIpc) is 2.39. The number of carbonyl (C=O) groups excluding carboxylic acids is 1. The number of hydrogen-bond donors (Lipinski definition) is 1. The Labute approximate surface area is 113 Å². The molecule has 0 saturated carbocycles. The Kier molecular flexibility index (Phi) is 3.75. The average molecular weight is 301 g/mol. The molecule has 88 valence electrons. The molecule has 1 aromatic carbocycles. The van der Waals surface area contributed by atoms with E-state index in [1.165, 1.54) is 6.20 Å². The van der Waals surface area contributed by atoms with Gasteiger partial charge in [-0.3, -0.25) is 4.79 Å². The van der Waals surface area contributed by atoms with Crippen molar-refractivity contribution in [2.75, 3.05) is 5.32 Å².